The van der Waals surface area contributed by atoms with E-state index in [9.17, 15) is 9.59 Å². The third-order valence-corrected chi connectivity index (χ3v) is 4.35. The van der Waals surface area contributed by atoms with Crippen LogP contribution in [0.1, 0.15) is 32.3 Å². The van der Waals surface area contributed by atoms with Crippen molar-refractivity contribution in [3.63, 3.8) is 0 Å². The minimum absolute atomic E-state index is 0.0615. The molecule has 2 aliphatic rings. The van der Waals surface area contributed by atoms with Crippen molar-refractivity contribution in [2.45, 2.75) is 39.2 Å². The van der Waals surface area contributed by atoms with E-state index in [-0.39, 0.29) is 23.8 Å². The van der Waals surface area contributed by atoms with E-state index in [0.29, 0.717) is 13.1 Å². The van der Waals surface area contributed by atoms with E-state index in [0.717, 1.165) is 30.5 Å². The zero-order valence-corrected chi connectivity index (χ0v) is 12.6. The van der Waals surface area contributed by atoms with Crippen molar-refractivity contribution < 1.29 is 9.59 Å². The lowest BCUT2D eigenvalue weighted by atomic mass is 10.1. The lowest BCUT2D eigenvalue weighted by Crippen LogP contribution is -2.48. The normalized spacial score (nSPS) is 21.0. The Morgan fingerprint density at radius 3 is 2.90 bits per heavy atom. The summed E-state index contributed by atoms with van der Waals surface area (Å²) in [5.41, 5.74) is 2.07. The first kappa shape index (κ1) is 14.0. The van der Waals surface area contributed by atoms with Crippen molar-refractivity contribution in [1.82, 2.24) is 9.88 Å². The van der Waals surface area contributed by atoms with Crippen LogP contribution in [0.4, 0.5) is 5.69 Å². The number of carbonyl (C=O) groups is 2. The summed E-state index contributed by atoms with van der Waals surface area (Å²) in [6.45, 7) is 5.17. The minimum Gasteiger partial charge on any atom is -0.330 e. The fourth-order valence-electron chi connectivity index (χ4n) is 3.26. The summed E-state index contributed by atoms with van der Waals surface area (Å²) in [5, 5.41) is 0. The Balaban J connectivity index is 1.81. The molecule has 1 fully saturated rings. The third kappa shape index (κ3) is 2.41. The lowest BCUT2D eigenvalue weighted by molar-refractivity contribution is -0.139. The fourth-order valence-corrected chi connectivity index (χ4v) is 3.26. The summed E-state index contributed by atoms with van der Waals surface area (Å²) in [7, 11) is 0. The van der Waals surface area contributed by atoms with Crippen LogP contribution in [0.3, 0.4) is 0 Å². The quantitative estimate of drug-likeness (QED) is 0.830. The number of carbonyl (C=O) groups excluding carboxylic acids is 2. The van der Waals surface area contributed by atoms with E-state index < -0.39 is 0 Å². The van der Waals surface area contributed by atoms with Gasteiger partial charge in [0.1, 0.15) is 6.04 Å². The Labute approximate surface area is 124 Å². The molecule has 0 saturated carbocycles. The molecule has 2 amide bonds. The number of hydrogen-bond acceptors (Lipinski definition) is 3. The summed E-state index contributed by atoms with van der Waals surface area (Å²) < 4.78 is 0. The fraction of sp³-hybridized carbons (Fsp3) is 0.562. The summed E-state index contributed by atoms with van der Waals surface area (Å²) in [5.74, 6) is 0.0833. The predicted octanol–water partition coefficient (Wildman–Crippen LogP) is 1.62. The second-order valence-corrected chi connectivity index (χ2v) is 6.09. The van der Waals surface area contributed by atoms with Crippen molar-refractivity contribution in [3.8, 4) is 0 Å². The van der Waals surface area contributed by atoms with Crippen LogP contribution in [0.5, 0.6) is 0 Å². The van der Waals surface area contributed by atoms with E-state index in [4.69, 9.17) is 0 Å². The van der Waals surface area contributed by atoms with Crippen LogP contribution in [0.25, 0.3) is 0 Å². The summed E-state index contributed by atoms with van der Waals surface area (Å²) in [6, 6.07) is 1.60. The maximum Gasteiger partial charge on any atom is 0.249 e. The summed E-state index contributed by atoms with van der Waals surface area (Å²) in [4.78, 5) is 32.8. The van der Waals surface area contributed by atoms with Crippen LogP contribution < -0.4 is 4.90 Å². The molecule has 5 heteroatoms. The van der Waals surface area contributed by atoms with E-state index in [2.05, 4.69) is 4.98 Å². The molecule has 0 spiro atoms. The number of fused-ring (bicyclic) bond motifs is 1. The first-order chi connectivity index (χ1) is 10.1. The Hall–Kier alpha value is -1.91. The van der Waals surface area contributed by atoms with Crippen LogP contribution in [0, 0.1) is 5.92 Å². The van der Waals surface area contributed by atoms with Crippen molar-refractivity contribution in [2.24, 2.45) is 5.92 Å². The third-order valence-electron chi connectivity index (χ3n) is 4.35. The number of aromatic nitrogens is 1. The number of anilines is 1. The van der Waals surface area contributed by atoms with Gasteiger partial charge < -0.3 is 9.80 Å². The zero-order chi connectivity index (χ0) is 15.0. The Morgan fingerprint density at radius 1 is 1.33 bits per heavy atom. The van der Waals surface area contributed by atoms with Gasteiger partial charge in [0, 0.05) is 31.4 Å². The molecule has 3 heterocycles. The van der Waals surface area contributed by atoms with Crippen LogP contribution in [-0.2, 0) is 16.0 Å². The van der Waals surface area contributed by atoms with Crippen LogP contribution in [0.2, 0.25) is 0 Å². The van der Waals surface area contributed by atoms with Gasteiger partial charge in [0.25, 0.3) is 0 Å². The molecule has 5 nitrogen and oxygen atoms in total. The number of nitrogens with zero attached hydrogens (tertiary/aromatic N) is 3. The summed E-state index contributed by atoms with van der Waals surface area (Å²) in [6.07, 6.45) is 6.07. The number of rotatable bonds is 2. The standard InChI is InChI=1S/C16H21N3O2/c1-11(2)15(20)18-8-3-4-14(18)16(21)19-9-6-12-10-17-7-5-13(12)19/h5,7,10-11,14H,3-4,6,8-9H2,1-2H3/t14-/m0/s1. The summed E-state index contributed by atoms with van der Waals surface area (Å²) >= 11 is 0. The van der Waals surface area contributed by atoms with E-state index in [1.54, 1.807) is 11.1 Å². The molecule has 1 atom stereocenters. The van der Waals surface area contributed by atoms with Crippen molar-refractivity contribution in [3.05, 3.63) is 24.0 Å². The molecule has 0 radical (unpaired) electrons. The molecule has 0 aromatic carbocycles. The second-order valence-electron chi connectivity index (χ2n) is 6.09. The van der Waals surface area contributed by atoms with Crippen LogP contribution in [-0.4, -0.2) is 40.8 Å². The molecule has 0 bridgehead atoms. The highest BCUT2D eigenvalue weighted by Crippen LogP contribution is 2.30. The average molecular weight is 287 g/mol. The Morgan fingerprint density at radius 2 is 2.14 bits per heavy atom. The molecular formula is C16H21N3O2. The van der Waals surface area contributed by atoms with Gasteiger partial charge in [-0.25, -0.2) is 0 Å². The van der Waals surface area contributed by atoms with Crippen molar-refractivity contribution in [2.75, 3.05) is 18.0 Å². The molecule has 1 aromatic rings. The molecule has 21 heavy (non-hydrogen) atoms. The molecule has 0 N–H and O–H groups in total. The van der Waals surface area contributed by atoms with Gasteiger partial charge in [-0.05, 0) is 30.9 Å². The topological polar surface area (TPSA) is 53.5 Å². The molecule has 112 valence electrons. The van der Waals surface area contributed by atoms with Gasteiger partial charge in [-0.3, -0.25) is 14.6 Å². The van der Waals surface area contributed by atoms with Crippen molar-refractivity contribution >= 4 is 17.5 Å². The van der Waals surface area contributed by atoms with Crippen LogP contribution in [0.15, 0.2) is 18.5 Å². The van der Waals surface area contributed by atoms with Gasteiger partial charge >= 0.3 is 0 Å². The van der Waals surface area contributed by atoms with E-state index in [1.165, 1.54) is 0 Å². The minimum atomic E-state index is -0.293. The number of likely N-dealkylation sites (tertiary alicyclic amines) is 1. The van der Waals surface area contributed by atoms with Gasteiger partial charge in [-0.15, -0.1) is 0 Å². The van der Waals surface area contributed by atoms with Gasteiger partial charge in [0.2, 0.25) is 11.8 Å². The average Bonchev–Trinajstić information content (AvgIpc) is 3.12. The molecule has 3 rings (SSSR count). The SMILES string of the molecule is CC(C)C(=O)N1CCC[C@H]1C(=O)N1CCc2cnccc21. The zero-order valence-electron chi connectivity index (χ0n) is 12.6. The van der Waals surface area contributed by atoms with Crippen LogP contribution >= 0.6 is 0 Å². The monoisotopic (exact) mass is 287 g/mol. The highest BCUT2D eigenvalue weighted by Gasteiger charge is 2.39. The Bertz CT molecular complexity index is 570. The van der Waals surface area contributed by atoms with Gasteiger partial charge in [0.15, 0.2) is 0 Å². The first-order valence-corrected chi connectivity index (χ1v) is 7.64. The van der Waals surface area contributed by atoms with Crippen molar-refractivity contribution in [1.29, 1.82) is 0 Å². The highest BCUT2D eigenvalue weighted by atomic mass is 16.2. The van der Waals surface area contributed by atoms with Gasteiger partial charge in [-0.2, -0.15) is 0 Å². The van der Waals surface area contributed by atoms with Gasteiger partial charge in [-0.1, -0.05) is 13.8 Å². The van der Waals surface area contributed by atoms with E-state index >= 15 is 0 Å². The highest BCUT2D eigenvalue weighted by molar-refractivity contribution is 6.01. The molecule has 0 aliphatic carbocycles. The smallest absolute Gasteiger partial charge is 0.249 e. The number of hydrogen-bond donors (Lipinski definition) is 0. The molecule has 1 aromatic heterocycles. The molecule has 2 aliphatic heterocycles. The molecule has 1 saturated heterocycles. The second kappa shape index (κ2) is 5.47. The largest absolute Gasteiger partial charge is 0.330 e. The Kier molecular flexibility index (Phi) is 3.66. The predicted molar refractivity (Wildman–Crippen MR) is 79.9 cm³/mol. The number of amides is 2. The van der Waals surface area contributed by atoms with E-state index in [1.807, 2.05) is 31.0 Å². The maximum absolute atomic E-state index is 12.9. The lowest BCUT2D eigenvalue weighted by Gasteiger charge is -2.29. The maximum atomic E-state index is 12.9. The van der Waals surface area contributed by atoms with Gasteiger partial charge in [0.05, 0.1) is 5.69 Å². The number of pyridine rings is 1. The molecular weight excluding hydrogens is 266 g/mol. The molecule has 0 unspecified atom stereocenters. The first-order valence-electron chi connectivity index (χ1n) is 7.64.